The van der Waals surface area contributed by atoms with Crippen LogP contribution in [-0.2, 0) is 9.59 Å². The number of anilines is 1. The van der Waals surface area contributed by atoms with Crippen molar-refractivity contribution in [2.75, 3.05) is 5.32 Å². The number of hydrogen-bond acceptors (Lipinski definition) is 3. The summed E-state index contributed by atoms with van der Waals surface area (Å²) in [5.74, 6) is -0.246. The molecule has 2 aliphatic rings. The van der Waals surface area contributed by atoms with E-state index in [9.17, 15) is 9.59 Å². The molecule has 118 valence electrons. The Labute approximate surface area is 130 Å². The second-order valence-corrected chi connectivity index (χ2v) is 6.25. The van der Waals surface area contributed by atoms with Gasteiger partial charge in [0.1, 0.15) is 5.75 Å². The number of benzene rings is 1. The van der Waals surface area contributed by atoms with E-state index in [-0.39, 0.29) is 11.9 Å². The Bertz CT molecular complexity index is 579. The highest BCUT2D eigenvalue weighted by Gasteiger charge is 2.47. The van der Waals surface area contributed by atoms with Crippen LogP contribution in [0.4, 0.5) is 5.69 Å². The van der Waals surface area contributed by atoms with Crippen LogP contribution in [-0.4, -0.2) is 23.5 Å². The molecule has 1 atom stereocenters. The van der Waals surface area contributed by atoms with E-state index in [2.05, 4.69) is 10.6 Å². The number of amides is 2. The molecule has 0 spiro atoms. The number of para-hydroxylation sites is 2. The monoisotopic (exact) mass is 302 g/mol. The standard InChI is InChI=1S/C17H22N2O3/c1-17(15(20)18-12-8-4-2-3-5-9-12)16(21)19-13-10-6-7-11-14(13)22-17/h6-7,10-12H,2-5,8-9H2,1H3,(H,18,20)(H,19,21). The van der Waals surface area contributed by atoms with Crippen LogP contribution >= 0.6 is 0 Å². The average Bonchev–Trinajstić information content (AvgIpc) is 2.77. The average molecular weight is 302 g/mol. The molecule has 0 radical (unpaired) electrons. The molecule has 0 aromatic heterocycles. The van der Waals surface area contributed by atoms with Gasteiger partial charge in [-0.15, -0.1) is 0 Å². The van der Waals surface area contributed by atoms with Crippen LogP contribution in [0.25, 0.3) is 0 Å². The maximum absolute atomic E-state index is 12.6. The number of fused-ring (bicyclic) bond motifs is 1. The lowest BCUT2D eigenvalue weighted by atomic mass is 10.00. The molecule has 5 nitrogen and oxygen atoms in total. The molecule has 1 heterocycles. The van der Waals surface area contributed by atoms with Crippen molar-refractivity contribution < 1.29 is 14.3 Å². The lowest BCUT2D eigenvalue weighted by Crippen LogP contribution is -2.60. The zero-order valence-corrected chi connectivity index (χ0v) is 12.9. The summed E-state index contributed by atoms with van der Waals surface area (Å²) in [6.07, 6.45) is 6.62. The Kier molecular flexibility index (Phi) is 4.05. The molecule has 3 rings (SSSR count). The van der Waals surface area contributed by atoms with Gasteiger partial charge < -0.3 is 15.4 Å². The molecule has 1 aliphatic heterocycles. The van der Waals surface area contributed by atoms with E-state index >= 15 is 0 Å². The molecule has 1 saturated carbocycles. The Hall–Kier alpha value is -2.04. The van der Waals surface area contributed by atoms with Crippen molar-refractivity contribution >= 4 is 17.5 Å². The van der Waals surface area contributed by atoms with Gasteiger partial charge in [-0.05, 0) is 31.9 Å². The van der Waals surface area contributed by atoms with Gasteiger partial charge in [-0.1, -0.05) is 37.8 Å². The van der Waals surface area contributed by atoms with E-state index in [0.717, 1.165) is 25.7 Å². The summed E-state index contributed by atoms with van der Waals surface area (Å²) < 4.78 is 5.74. The van der Waals surface area contributed by atoms with E-state index in [0.29, 0.717) is 11.4 Å². The fourth-order valence-electron chi connectivity index (χ4n) is 3.06. The summed E-state index contributed by atoms with van der Waals surface area (Å²) in [6, 6.07) is 7.29. The van der Waals surface area contributed by atoms with Crippen LogP contribution < -0.4 is 15.4 Å². The lowest BCUT2D eigenvalue weighted by Gasteiger charge is -2.34. The number of carbonyl (C=O) groups excluding carboxylic acids is 2. The first-order valence-corrected chi connectivity index (χ1v) is 8.00. The SMILES string of the molecule is CC1(C(=O)NC2CCCCCC2)Oc2ccccc2NC1=O. The summed E-state index contributed by atoms with van der Waals surface area (Å²) in [5, 5.41) is 5.76. The van der Waals surface area contributed by atoms with Crippen LogP contribution in [0.1, 0.15) is 45.4 Å². The molecule has 1 fully saturated rings. The van der Waals surface area contributed by atoms with E-state index in [1.54, 1.807) is 12.1 Å². The van der Waals surface area contributed by atoms with Crippen LogP contribution in [0.15, 0.2) is 24.3 Å². The van der Waals surface area contributed by atoms with Crippen molar-refractivity contribution in [3.63, 3.8) is 0 Å². The topological polar surface area (TPSA) is 67.4 Å². The first-order chi connectivity index (χ1) is 10.6. The first-order valence-electron chi connectivity index (χ1n) is 8.00. The highest BCUT2D eigenvalue weighted by molar-refractivity contribution is 6.15. The minimum atomic E-state index is -1.51. The molecule has 0 bridgehead atoms. The number of hydrogen-bond donors (Lipinski definition) is 2. The highest BCUT2D eigenvalue weighted by atomic mass is 16.5. The number of carbonyl (C=O) groups is 2. The maximum atomic E-state index is 12.6. The van der Waals surface area contributed by atoms with Crippen molar-refractivity contribution in [1.82, 2.24) is 5.32 Å². The third-order valence-corrected chi connectivity index (χ3v) is 4.51. The van der Waals surface area contributed by atoms with Gasteiger partial charge in [-0.2, -0.15) is 0 Å². The van der Waals surface area contributed by atoms with Gasteiger partial charge in [-0.25, -0.2) is 0 Å². The summed E-state index contributed by atoms with van der Waals surface area (Å²) in [7, 11) is 0. The van der Waals surface area contributed by atoms with Crippen molar-refractivity contribution in [3.05, 3.63) is 24.3 Å². The number of rotatable bonds is 2. The Morgan fingerprint density at radius 2 is 1.91 bits per heavy atom. The van der Waals surface area contributed by atoms with Gasteiger partial charge >= 0.3 is 0 Å². The Morgan fingerprint density at radius 3 is 2.64 bits per heavy atom. The molecule has 0 saturated heterocycles. The molecule has 1 unspecified atom stereocenters. The third kappa shape index (κ3) is 2.80. The molecule has 1 aliphatic carbocycles. The number of ether oxygens (including phenoxy) is 1. The van der Waals surface area contributed by atoms with Gasteiger partial charge in [0.2, 0.25) is 0 Å². The molecule has 1 aromatic carbocycles. The third-order valence-electron chi connectivity index (χ3n) is 4.51. The van der Waals surface area contributed by atoms with E-state index in [1.807, 2.05) is 12.1 Å². The summed E-state index contributed by atoms with van der Waals surface area (Å²) >= 11 is 0. The molecule has 22 heavy (non-hydrogen) atoms. The normalized spacial score (nSPS) is 25.4. The fraction of sp³-hybridized carbons (Fsp3) is 0.529. The molecule has 1 aromatic rings. The fourth-order valence-corrected chi connectivity index (χ4v) is 3.06. The van der Waals surface area contributed by atoms with Crippen molar-refractivity contribution in [2.24, 2.45) is 0 Å². The molecular formula is C17H22N2O3. The van der Waals surface area contributed by atoms with Crippen molar-refractivity contribution in [1.29, 1.82) is 0 Å². The maximum Gasteiger partial charge on any atom is 0.278 e. The van der Waals surface area contributed by atoms with Crippen LogP contribution in [0.5, 0.6) is 5.75 Å². The van der Waals surface area contributed by atoms with Gasteiger partial charge in [0, 0.05) is 6.04 Å². The summed E-state index contributed by atoms with van der Waals surface area (Å²) in [4.78, 5) is 25.0. The van der Waals surface area contributed by atoms with Crippen LogP contribution in [0, 0.1) is 0 Å². The lowest BCUT2D eigenvalue weighted by molar-refractivity contribution is -0.147. The first kappa shape index (κ1) is 14.9. The zero-order valence-electron chi connectivity index (χ0n) is 12.9. The van der Waals surface area contributed by atoms with Gasteiger partial charge in [-0.3, -0.25) is 9.59 Å². The minimum absolute atomic E-state index is 0.139. The van der Waals surface area contributed by atoms with E-state index < -0.39 is 11.5 Å². The largest absolute Gasteiger partial charge is 0.466 e. The van der Waals surface area contributed by atoms with Crippen LogP contribution in [0.2, 0.25) is 0 Å². The second-order valence-electron chi connectivity index (χ2n) is 6.25. The zero-order chi connectivity index (χ0) is 15.6. The smallest absolute Gasteiger partial charge is 0.278 e. The molecular weight excluding hydrogens is 280 g/mol. The highest BCUT2D eigenvalue weighted by Crippen LogP contribution is 2.33. The predicted molar refractivity (Wildman–Crippen MR) is 83.7 cm³/mol. The van der Waals surface area contributed by atoms with E-state index in [1.165, 1.54) is 19.8 Å². The quantitative estimate of drug-likeness (QED) is 0.652. The molecule has 5 heteroatoms. The Morgan fingerprint density at radius 1 is 1.23 bits per heavy atom. The molecule has 2 amide bonds. The summed E-state index contributed by atoms with van der Waals surface area (Å²) in [6.45, 7) is 1.53. The van der Waals surface area contributed by atoms with Gasteiger partial charge in [0.25, 0.3) is 17.4 Å². The predicted octanol–water partition coefficient (Wildman–Crippen LogP) is 2.62. The minimum Gasteiger partial charge on any atom is -0.466 e. The van der Waals surface area contributed by atoms with E-state index in [4.69, 9.17) is 4.74 Å². The van der Waals surface area contributed by atoms with Gasteiger partial charge in [0.15, 0.2) is 0 Å². The summed E-state index contributed by atoms with van der Waals surface area (Å²) in [5.41, 5.74) is -0.909. The number of nitrogens with one attached hydrogen (secondary N) is 2. The van der Waals surface area contributed by atoms with Gasteiger partial charge in [0.05, 0.1) is 5.69 Å². The molecule has 2 N–H and O–H groups in total. The Balaban J connectivity index is 1.74. The van der Waals surface area contributed by atoms with Crippen molar-refractivity contribution in [2.45, 2.75) is 57.1 Å². The van der Waals surface area contributed by atoms with Crippen molar-refractivity contribution in [3.8, 4) is 5.75 Å². The van der Waals surface area contributed by atoms with Crippen LogP contribution in [0.3, 0.4) is 0 Å². The second kappa shape index (κ2) is 5.99.